The molecule has 0 bridgehead atoms. The van der Waals surface area contributed by atoms with Gasteiger partial charge in [0.05, 0.1) is 11.8 Å². The topological polar surface area (TPSA) is 124 Å². The van der Waals surface area contributed by atoms with Crippen LogP contribution in [0.1, 0.15) is 34.6 Å². The van der Waals surface area contributed by atoms with Crippen LogP contribution in [-0.2, 0) is 14.4 Å². The molecule has 0 aliphatic heterocycles. The van der Waals surface area contributed by atoms with E-state index in [0.717, 1.165) is 6.92 Å². The van der Waals surface area contributed by atoms with E-state index < -0.39 is 53.0 Å². The van der Waals surface area contributed by atoms with Gasteiger partial charge < -0.3 is 24.5 Å². The Kier molecular flexibility index (Phi) is 5.61. The number of esters is 2. The van der Waals surface area contributed by atoms with Crippen molar-refractivity contribution < 1.29 is 38.9 Å². The summed E-state index contributed by atoms with van der Waals surface area (Å²) in [5, 5.41) is 20.0. The Labute approximate surface area is 132 Å². The molecule has 23 heavy (non-hydrogen) atoms. The van der Waals surface area contributed by atoms with Gasteiger partial charge in [-0.05, 0) is 0 Å². The van der Waals surface area contributed by atoms with Gasteiger partial charge in [0.1, 0.15) is 0 Å². The lowest BCUT2D eigenvalue weighted by Crippen LogP contribution is -2.17. The van der Waals surface area contributed by atoms with Gasteiger partial charge in [-0.3, -0.25) is 9.59 Å². The highest BCUT2D eigenvalue weighted by molar-refractivity contribution is 5.80. The Balaban J connectivity index is 3.35. The molecule has 0 fully saturated rings. The molecule has 1 rings (SSSR count). The molecule has 0 unspecified atom stereocenters. The lowest BCUT2D eigenvalue weighted by Gasteiger charge is -2.09. The molecule has 128 valence electrons. The van der Waals surface area contributed by atoms with Gasteiger partial charge in [0.25, 0.3) is 11.8 Å². The largest absolute Gasteiger partial charge is 0.490 e. The van der Waals surface area contributed by atoms with E-state index in [1.54, 1.807) is 27.7 Å². The van der Waals surface area contributed by atoms with Crippen molar-refractivity contribution in [2.45, 2.75) is 34.6 Å². The summed E-state index contributed by atoms with van der Waals surface area (Å²) in [6.07, 6.45) is 0. The van der Waals surface area contributed by atoms with Crippen LogP contribution in [0.25, 0.3) is 0 Å². The van der Waals surface area contributed by atoms with E-state index >= 15 is 0 Å². The summed E-state index contributed by atoms with van der Waals surface area (Å²) in [6.45, 7) is 7.20. The number of nitrogens with zero attached hydrogens (tertiary/aromatic N) is 1. The first kappa shape index (κ1) is 18.3. The Morgan fingerprint density at radius 2 is 1.22 bits per heavy atom. The maximum atomic E-state index is 11.7. The molecular weight excluding hydrogens is 310 g/mol. The monoisotopic (exact) mass is 329 g/mol. The maximum Gasteiger partial charge on any atom is 0.330 e. The second-order valence-electron chi connectivity index (χ2n) is 5.33. The van der Waals surface area contributed by atoms with Crippen LogP contribution in [0, 0.1) is 11.8 Å². The van der Waals surface area contributed by atoms with Gasteiger partial charge in [-0.1, -0.05) is 32.4 Å². The predicted molar refractivity (Wildman–Crippen MR) is 76.0 cm³/mol. The van der Waals surface area contributed by atoms with Crippen molar-refractivity contribution in [3.8, 4) is 23.3 Å². The van der Waals surface area contributed by atoms with Crippen molar-refractivity contribution >= 4 is 17.9 Å². The molecule has 9 heteroatoms. The summed E-state index contributed by atoms with van der Waals surface area (Å²) >= 11 is 0. The van der Waals surface area contributed by atoms with E-state index in [0.29, 0.717) is 4.73 Å². The Bertz CT molecular complexity index is 584. The molecule has 0 radical (unpaired) electrons. The zero-order valence-corrected chi connectivity index (χ0v) is 13.4. The number of rotatable bonds is 5. The molecule has 9 nitrogen and oxygen atoms in total. The molecule has 0 saturated heterocycles. The summed E-state index contributed by atoms with van der Waals surface area (Å²) in [7, 11) is 0. The molecule has 0 aliphatic carbocycles. The zero-order chi connectivity index (χ0) is 17.9. The average molecular weight is 329 g/mol. The van der Waals surface area contributed by atoms with Gasteiger partial charge in [-0.15, -0.1) is 0 Å². The van der Waals surface area contributed by atoms with Crippen molar-refractivity contribution in [1.29, 1.82) is 0 Å². The second kappa shape index (κ2) is 7.03. The van der Waals surface area contributed by atoms with Gasteiger partial charge in [0.15, 0.2) is 0 Å². The van der Waals surface area contributed by atoms with E-state index in [-0.39, 0.29) is 0 Å². The number of hydrogen-bond donors (Lipinski definition) is 2. The van der Waals surface area contributed by atoms with Crippen molar-refractivity contribution in [2.75, 3.05) is 0 Å². The Morgan fingerprint density at radius 1 is 0.870 bits per heavy atom. The third kappa shape index (κ3) is 4.15. The van der Waals surface area contributed by atoms with Crippen molar-refractivity contribution in [3.63, 3.8) is 0 Å². The van der Waals surface area contributed by atoms with Crippen LogP contribution < -0.4 is 14.3 Å². The number of hydrogen-bond acceptors (Lipinski definition) is 8. The van der Waals surface area contributed by atoms with Crippen LogP contribution >= 0.6 is 0 Å². The van der Waals surface area contributed by atoms with Crippen LogP contribution in [0.2, 0.25) is 0 Å². The van der Waals surface area contributed by atoms with Gasteiger partial charge in [0.2, 0.25) is 11.5 Å². The lowest BCUT2D eigenvalue weighted by atomic mass is 10.2. The fraction of sp³-hybridized carbons (Fsp3) is 0.500. The molecule has 0 amide bonds. The highest BCUT2D eigenvalue weighted by Gasteiger charge is 2.32. The van der Waals surface area contributed by atoms with Crippen molar-refractivity contribution in [2.24, 2.45) is 11.8 Å². The summed E-state index contributed by atoms with van der Waals surface area (Å²) in [5.74, 6) is -6.48. The highest BCUT2D eigenvalue weighted by Crippen LogP contribution is 2.47. The van der Waals surface area contributed by atoms with Gasteiger partial charge in [-0.25, -0.2) is 4.79 Å². The summed E-state index contributed by atoms with van der Waals surface area (Å²) in [4.78, 5) is 39.0. The highest BCUT2D eigenvalue weighted by atomic mass is 16.7. The van der Waals surface area contributed by atoms with Crippen LogP contribution in [-0.4, -0.2) is 32.9 Å². The average Bonchev–Trinajstić information content (AvgIpc) is 2.64. The molecule has 0 spiro atoms. The Morgan fingerprint density at radius 3 is 1.48 bits per heavy atom. The third-order valence-corrected chi connectivity index (χ3v) is 2.57. The number of aromatic hydroxyl groups is 2. The van der Waals surface area contributed by atoms with Gasteiger partial charge in [-0.2, -0.15) is 0 Å². The molecule has 2 N–H and O–H groups in total. The summed E-state index contributed by atoms with van der Waals surface area (Å²) in [6, 6.07) is 0. The molecule has 1 heterocycles. The molecule has 1 aromatic heterocycles. The number of carbonyl (C=O) groups is 3. The molecule has 0 saturated carbocycles. The minimum Gasteiger partial charge on any atom is -0.490 e. The fourth-order valence-corrected chi connectivity index (χ4v) is 1.32. The van der Waals surface area contributed by atoms with E-state index in [1.807, 2.05) is 0 Å². The standard InChI is InChI=1S/C14H19NO8/c1-6(2)13(19)21-9-10(22-14(20)7(3)4)12(18)15(11(9)17)23-8(5)16/h6-7,17-18H,1-5H3. The molecular formula is C14H19NO8. The second-order valence-corrected chi connectivity index (χ2v) is 5.33. The van der Waals surface area contributed by atoms with E-state index in [9.17, 15) is 24.6 Å². The van der Waals surface area contributed by atoms with Crippen molar-refractivity contribution in [3.05, 3.63) is 0 Å². The fourth-order valence-electron chi connectivity index (χ4n) is 1.32. The van der Waals surface area contributed by atoms with E-state index in [1.165, 1.54) is 0 Å². The van der Waals surface area contributed by atoms with E-state index in [4.69, 9.17) is 9.47 Å². The normalized spacial score (nSPS) is 10.7. The molecule has 1 aromatic rings. The first-order chi connectivity index (χ1) is 10.6. The minimum absolute atomic E-state index is 0.300. The quantitative estimate of drug-likeness (QED) is 0.767. The Hall–Kier alpha value is -2.71. The zero-order valence-electron chi connectivity index (χ0n) is 13.4. The predicted octanol–water partition coefficient (Wildman–Crippen LogP) is 0.997. The van der Waals surface area contributed by atoms with Gasteiger partial charge >= 0.3 is 17.9 Å². The first-order valence-electron chi connectivity index (χ1n) is 6.85. The van der Waals surface area contributed by atoms with Crippen LogP contribution in [0.4, 0.5) is 0 Å². The number of ether oxygens (including phenoxy) is 2. The lowest BCUT2D eigenvalue weighted by molar-refractivity contribution is -0.142. The number of aromatic nitrogens is 1. The van der Waals surface area contributed by atoms with Gasteiger partial charge in [0, 0.05) is 6.92 Å². The SMILES string of the molecule is CC(=O)On1c(O)c(OC(=O)C(C)C)c(OC(=O)C(C)C)c1O. The maximum absolute atomic E-state index is 11.7. The molecule has 0 atom stereocenters. The van der Waals surface area contributed by atoms with Crippen LogP contribution in [0.5, 0.6) is 23.3 Å². The minimum atomic E-state index is -0.891. The van der Waals surface area contributed by atoms with Crippen molar-refractivity contribution in [1.82, 2.24) is 4.73 Å². The smallest absolute Gasteiger partial charge is 0.330 e. The third-order valence-electron chi connectivity index (χ3n) is 2.57. The molecule has 0 aliphatic rings. The summed E-state index contributed by atoms with van der Waals surface area (Å²) < 4.78 is 10.1. The number of carbonyl (C=O) groups excluding carboxylic acids is 3. The van der Waals surface area contributed by atoms with Crippen LogP contribution in [0.15, 0.2) is 0 Å². The van der Waals surface area contributed by atoms with Crippen LogP contribution in [0.3, 0.4) is 0 Å². The van der Waals surface area contributed by atoms with E-state index in [2.05, 4.69) is 4.84 Å². The molecule has 0 aromatic carbocycles. The summed E-state index contributed by atoms with van der Waals surface area (Å²) in [5.41, 5.74) is 0. The first-order valence-corrected chi connectivity index (χ1v) is 6.85.